The van der Waals surface area contributed by atoms with Crippen LogP contribution in [0.25, 0.3) is 49.8 Å². The number of nitrogen functional groups attached to an aromatic ring is 2. The minimum Gasteiger partial charge on any atom is -0.383 e. The summed E-state index contributed by atoms with van der Waals surface area (Å²) in [5.74, 6) is 0.576. The molecule has 0 aliphatic heterocycles. The molecule has 6 aromatic heterocycles. The van der Waals surface area contributed by atoms with Gasteiger partial charge in [0.1, 0.15) is 82.2 Å². The number of aryl methyl sites for hydroxylation is 2. The van der Waals surface area contributed by atoms with E-state index in [9.17, 15) is 38.8 Å². The number of carbonyl (C=O) groups is 4. The van der Waals surface area contributed by atoms with Crippen molar-refractivity contribution >= 4 is 102 Å². The van der Waals surface area contributed by atoms with Crippen LogP contribution in [0.15, 0.2) is 251 Å². The van der Waals surface area contributed by atoms with Gasteiger partial charge < -0.3 is 49.1 Å². The molecule has 3 atom stereocenters. The second kappa shape index (κ2) is 40.1. The Morgan fingerprint density at radius 1 is 0.421 bits per heavy atom. The summed E-state index contributed by atoms with van der Waals surface area (Å²) in [5, 5.41) is 57.3. The first-order chi connectivity index (χ1) is 61.1. The largest absolute Gasteiger partial charge is 0.383 e. The van der Waals surface area contributed by atoms with Gasteiger partial charge in [-0.15, -0.1) is 0 Å². The number of carbonyl (C=O) groups excluding carboxylic acids is 4. The normalized spacial score (nSPS) is 11.6. The van der Waals surface area contributed by atoms with Gasteiger partial charge in [-0.25, -0.2) is 61.3 Å². The maximum Gasteiger partial charge on any atom is 0.274 e. The Morgan fingerprint density at radius 3 is 1.10 bits per heavy atom. The third kappa shape index (κ3) is 19.7. The monoisotopic (exact) mass is 1690 g/mol. The van der Waals surface area contributed by atoms with Crippen LogP contribution in [0.1, 0.15) is 151 Å². The topological polar surface area (TPSA) is 521 Å². The molecule has 0 aliphatic carbocycles. The molecule has 0 aliphatic rings. The zero-order valence-corrected chi connectivity index (χ0v) is 68.7. The zero-order valence-electron chi connectivity index (χ0n) is 68.7. The first kappa shape index (κ1) is 87.1. The number of hydrogen-bond donors (Lipinski definition) is 15. The quantitative estimate of drug-likeness (QED) is 0.0160. The number of nitrogens with zero attached hydrogens (tertiary/aromatic N) is 13. The lowest BCUT2D eigenvalue weighted by atomic mass is 10.1. The van der Waals surface area contributed by atoms with E-state index >= 15 is 0 Å². The molecular weight excluding hydrogens is 1600 g/mol. The van der Waals surface area contributed by atoms with Crippen LogP contribution in [-0.4, -0.2) is 97.8 Å². The highest BCUT2D eigenvalue weighted by atomic mass is 16.5. The molecule has 4 amide bonds. The molecule has 0 unspecified atom stereocenters. The number of rotatable bonds is 28. The van der Waals surface area contributed by atoms with Crippen LogP contribution in [0.4, 0.5) is 46.2 Å². The third-order valence-electron chi connectivity index (χ3n) is 20.4. The summed E-state index contributed by atoms with van der Waals surface area (Å²) in [7, 11) is 0. The molecule has 636 valence electrons. The molecule has 0 bridgehead atoms. The van der Waals surface area contributed by atoms with Crippen molar-refractivity contribution < 1.29 is 34.8 Å². The molecular formula is C91H87N25O10. The van der Waals surface area contributed by atoms with E-state index in [1.165, 1.54) is 17.2 Å². The average molecular weight is 1690 g/mol. The van der Waals surface area contributed by atoms with Gasteiger partial charge in [0.15, 0.2) is 0 Å². The predicted molar refractivity (Wildman–Crippen MR) is 479 cm³/mol. The number of hydroxylamine groups is 3. The number of nitrogens with two attached hydrogens (primary N) is 3. The number of para-hydroxylation sites is 3. The SMILES string of the molecule is CC[C@H](Nc1cc(C)nc(C)n1)c1nc2cccc(NCc3ccc(C(=O)NO)cc3)c2c(=O)n1-c1ccccc1.CC[C@H](Nc1ncnc(N)c1C#N)c1nc2cccc(NCc3ccc(C(=O)NO)cc3)c2c(=O)n1-c1ccccc1.CC[C@H](Nc1ncnc(N)c1C(N)=O)c1nc2cccc(NCc3ccc(C(=O)NO)cc3)c2c(=O)n1-c1ccccc1. The van der Waals surface area contributed by atoms with Crippen molar-refractivity contribution in [1.82, 2.24) is 75.0 Å². The number of aromatic nitrogens is 12. The molecule has 126 heavy (non-hydrogen) atoms. The fourth-order valence-corrected chi connectivity index (χ4v) is 14.2. The van der Waals surface area contributed by atoms with E-state index in [0.29, 0.717) is 152 Å². The molecule has 35 nitrogen and oxygen atoms in total. The Morgan fingerprint density at radius 2 is 0.762 bits per heavy atom. The summed E-state index contributed by atoms with van der Waals surface area (Å²) in [4.78, 5) is 130. The average Bonchev–Trinajstić information content (AvgIpc) is 0.755. The summed E-state index contributed by atoms with van der Waals surface area (Å²) in [6.07, 6.45) is 4.14. The highest BCUT2D eigenvalue weighted by Gasteiger charge is 2.29. The Kier molecular flexibility index (Phi) is 27.7. The number of amides is 4. The van der Waals surface area contributed by atoms with Crippen molar-refractivity contribution in [2.75, 3.05) is 43.4 Å². The van der Waals surface area contributed by atoms with Crippen molar-refractivity contribution in [3.63, 3.8) is 0 Å². The number of fused-ring (bicyclic) bond motifs is 3. The first-order valence-corrected chi connectivity index (χ1v) is 39.8. The van der Waals surface area contributed by atoms with Gasteiger partial charge in [-0.05, 0) is 159 Å². The van der Waals surface area contributed by atoms with E-state index in [2.05, 4.69) is 61.8 Å². The lowest BCUT2D eigenvalue weighted by Gasteiger charge is -2.23. The molecule has 6 heterocycles. The zero-order chi connectivity index (χ0) is 89.1. The van der Waals surface area contributed by atoms with Crippen LogP contribution in [0.2, 0.25) is 0 Å². The van der Waals surface area contributed by atoms with E-state index in [1.54, 1.807) is 123 Å². The van der Waals surface area contributed by atoms with Gasteiger partial charge in [0, 0.05) is 65.1 Å². The van der Waals surface area contributed by atoms with Gasteiger partial charge in [-0.2, -0.15) is 5.26 Å². The van der Waals surface area contributed by atoms with E-state index < -0.39 is 35.7 Å². The van der Waals surface area contributed by atoms with Crippen LogP contribution in [-0.2, 0) is 19.6 Å². The number of benzene rings is 9. The van der Waals surface area contributed by atoms with E-state index in [1.807, 2.05) is 168 Å². The number of anilines is 8. The maximum absolute atomic E-state index is 14.3. The molecule has 9 aromatic carbocycles. The Balaban J connectivity index is 0.000000162. The van der Waals surface area contributed by atoms with Crippen molar-refractivity contribution in [2.45, 2.75) is 91.6 Å². The van der Waals surface area contributed by atoms with Crippen LogP contribution >= 0.6 is 0 Å². The van der Waals surface area contributed by atoms with Crippen molar-refractivity contribution in [3.8, 4) is 23.1 Å². The Hall–Kier alpha value is -16.7. The van der Waals surface area contributed by atoms with Gasteiger partial charge in [0.05, 0.1) is 67.9 Å². The molecule has 15 rings (SSSR count). The molecule has 35 heteroatoms. The highest BCUT2D eigenvalue weighted by molar-refractivity contribution is 6.02. The van der Waals surface area contributed by atoms with Gasteiger partial charge in [0.25, 0.3) is 40.3 Å². The van der Waals surface area contributed by atoms with Crippen LogP contribution in [0.3, 0.4) is 0 Å². The van der Waals surface area contributed by atoms with Gasteiger partial charge in [-0.1, -0.05) is 130 Å². The summed E-state index contributed by atoms with van der Waals surface area (Å²) in [6.45, 7) is 10.8. The standard InChI is InChI=1S/C31H31N7O3.C30H29N9O4.C30H27N9O3/c1-4-24(35-27-17-19(2)33-20(3)34-27)29-36-26-12-8-11-25(28(26)31(40)38(29)23-9-6-5-7-10-23)32-18-21-13-15-22(16-14-21)30(39)37-41;1-2-20(36-27-24(26(32)40)25(31)34-16-35-27)28-37-22-10-6-9-21(23(22)30(42)39(28)19-7-4-3-5-8-19)33-15-17-11-13-18(14-12-17)29(41)38-43;1-2-22(36-27-21(15-31)26(32)34-17-35-27)28-37-24-10-6-9-23(25(24)30(41)39(28)20-7-4-3-5-8-20)33-16-18-11-13-19(14-12-18)29(40)38-42/h5-17,24,32,41H,4,18H2,1-3H3,(H,37,39)(H,33,34,35);3-14,16,20,33,43H,2,15H2,1H3,(H2,32,40)(H,38,41)(H3,31,34,35,36);3-14,17,22,33,42H,2,16H2,1H3,(H,38,40)(H3,32,34,35,36)/t24-;20-;22-/m000/s1. The molecule has 0 radical (unpaired) electrons. The smallest absolute Gasteiger partial charge is 0.274 e. The van der Waals surface area contributed by atoms with Crippen LogP contribution < -0.4 is 82.2 Å². The van der Waals surface area contributed by atoms with Crippen LogP contribution in [0.5, 0.6) is 0 Å². The first-order valence-electron chi connectivity index (χ1n) is 39.8. The molecule has 0 spiro atoms. The number of nitrogens with one attached hydrogen (secondary N) is 9. The Labute approximate surface area is 719 Å². The predicted octanol–water partition coefficient (Wildman–Crippen LogP) is 12.2. The Bertz CT molecular complexity index is 6720. The summed E-state index contributed by atoms with van der Waals surface area (Å²) < 4.78 is 4.76. The second-order valence-electron chi connectivity index (χ2n) is 28.6. The fraction of sp³-hybridized carbons (Fsp3) is 0.154. The molecule has 0 fully saturated rings. The van der Waals surface area contributed by atoms with Crippen molar-refractivity contribution in [3.05, 3.63) is 342 Å². The fourth-order valence-electron chi connectivity index (χ4n) is 14.2. The van der Waals surface area contributed by atoms with E-state index in [-0.39, 0.29) is 57.1 Å². The summed E-state index contributed by atoms with van der Waals surface area (Å²) >= 11 is 0. The van der Waals surface area contributed by atoms with Gasteiger partial charge in [0.2, 0.25) is 0 Å². The second-order valence-corrected chi connectivity index (χ2v) is 28.6. The van der Waals surface area contributed by atoms with Crippen LogP contribution in [0, 0.1) is 25.2 Å². The van der Waals surface area contributed by atoms with E-state index in [0.717, 1.165) is 22.4 Å². The molecule has 18 N–H and O–H groups in total. The maximum atomic E-state index is 14.3. The minimum atomic E-state index is -0.788. The van der Waals surface area contributed by atoms with Gasteiger partial charge in [-0.3, -0.25) is 62.9 Å². The molecule has 15 aromatic rings. The van der Waals surface area contributed by atoms with Gasteiger partial charge >= 0.3 is 0 Å². The number of primary amides is 1. The lowest BCUT2D eigenvalue weighted by molar-refractivity contribution is 0.0702. The molecule has 0 saturated heterocycles. The molecule has 0 saturated carbocycles. The minimum absolute atomic E-state index is 0.0492. The third-order valence-corrected chi connectivity index (χ3v) is 20.4. The number of nitriles is 1. The number of hydrogen-bond acceptors (Lipinski definition) is 28. The van der Waals surface area contributed by atoms with Crippen molar-refractivity contribution in [2.24, 2.45) is 5.73 Å². The summed E-state index contributed by atoms with van der Waals surface area (Å²) in [6, 6.07) is 66.9. The summed E-state index contributed by atoms with van der Waals surface area (Å²) in [5.41, 5.74) is 31.2. The highest BCUT2D eigenvalue weighted by Crippen LogP contribution is 2.33. The van der Waals surface area contributed by atoms with Crippen molar-refractivity contribution in [1.29, 1.82) is 5.26 Å². The van der Waals surface area contributed by atoms with E-state index in [4.69, 9.17) is 47.8 Å². The lowest BCUT2D eigenvalue weighted by Crippen LogP contribution is -2.29.